The Morgan fingerprint density at radius 1 is 1.24 bits per heavy atom. The van der Waals surface area contributed by atoms with Crippen molar-refractivity contribution in [2.45, 2.75) is 39.7 Å². The monoisotopic (exact) mass is 416 g/mol. The second-order valence-corrected chi connectivity index (χ2v) is 9.09. The van der Waals surface area contributed by atoms with Gasteiger partial charge in [0.25, 0.3) is 10.0 Å². The normalized spacial score (nSPS) is 19.1. The zero-order valence-electron chi connectivity index (χ0n) is 17.2. The molecular weight excluding hydrogens is 388 g/mol. The van der Waals surface area contributed by atoms with Gasteiger partial charge in [-0.3, -0.25) is 0 Å². The van der Waals surface area contributed by atoms with Gasteiger partial charge in [-0.15, -0.1) is 11.0 Å². The molecule has 0 spiro atoms. The number of nitrogens with one attached hydrogen (secondary N) is 2. The Balaban J connectivity index is 1.73. The van der Waals surface area contributed by atoms with Gasteiger partial charge in [0, 0.05) is 31.2 Å². The molecule has 0 unspecified atom stereocenters. The van der Waals surface area contributed by atoms with Crippen LogP contribution in [0.2, 0.25) is 0 Å². The summed E-state index contributed by atoms with van der Waals surface area (Å²) in [4.78, 5) is 14.1. The predicted octanol–water partition coefficient (Wildman–Crippen LogP) is 2.73. The van der Waals surface area contributed by atoms with Crippen molar-refractivity contribution in [3.05, 3.63) is 53.1 Å². The Morgan fingerprint density at radius 3 is 2.55 bits per heavy atom. The van der Waals surface area contributed by atoms with Crippen LogP contribution in [0.4, 0.5) is 4.79 Å². The van der Waals surface area contributed by atoms with Gasteiger partial charge in [0.2, 0.25) is 0 Å². The zero-order valence-corrected chi connectivity index (χ0v) is 18.0. The van der Waals surface area contributed by atoms with Gasteiger partial charge in [0.05, 0.1) is 0 Å². The molecule has 156 valence electrons. The van der Waals surface area contributed by atoms with Crippen molar-refractivity contribution >= 4 is 26.8 Å². The summed E-state index contributed by atoms with van der Waals surface area (Å²) in [5.41, 5.74) is 3.53. The second-order valence-electron chi connectivity index (χ2n) is 7.55. The lowest BCUT2D eigenvalue weighted by molar-refractivity contribution is 0.227. The largest absolute Gasteiger partial charge is 0.356 e. The molecule has 0 bridgehead atoms. The lowest BCUT2D eigenvalue weighted by Gasteiger charge is -2.33. The van der Waals surface area contributed by atoms with Crippen molar-refractivity contribution in [2.75, 3.05) is 19.6 Å². The molecule has 2 N–H and O–H groups in total. The lowest BCUT2D eigenvalue weighted by Crippen LogP contribution is -2.49. The first-order chi connectivity index (χ1) is 13.7. The number of sulfonamides is 1. The number of urea groups is 1. The molecule has 0 aliphatic carbocycles. The fourth-order valence-corrected chi connectivity index (χ4v) is 5.18. The molecule has 0 radical (unpaired) electrons. The van der Waals surface area contributed by atoms with Crippen LogP contribution in [-0.2, 0) is 10.0 Å². The number of hydrogen-bond acceptors (Lipinski definition) is 4. The third kappa shape index (κ3) is 4.53. The van der Waals surface area contributed by atoms with E-state index < -0.39 is 10.0 Å². The summed E-state index contributed by atoms with van der Waals surface area (Å²) in [5, 5.41) is 5.65. The van der Waals surface area contributed by atoms with Crippen molar-refractivity contribution in [2.24, 2.45) is 4.40 Å². The quantitative estimate of drug-likeness (QED) is 0.739. The van der Waals surface area contributed by atoms with Crippen molar-refractivity contribution in [1.82, 2.24) is 15.5 Å². The van der Waals surface area contributed by atoms with Crippen LogP contribution in [0.15, 0.2) is 40.8 Å². The van der Waals surface area contributed by atoms with Gasteiger partial charge in [-0.1, -0.05) is 24.3 Å². The Morgan fingerprint density at radius 2 is 1.93 bits per heavy atom. The van der Waals surface area contributed by atoms with E-state index in [0.717, 1.165) is 24.0 Å². The summed E-state index contributed by atoms with van der Waals surface area (Å²) >= 11 is 0. The molecule has 1 saturated heterocycles. The summed E-state index contributed by atoms with van der Waals surface area (Å²) in [6.45, 7) is 11.1. The number of rotatable bonds is 4. The van der Waals surface area contributed by atoms with E-state index in [1.54, 1.807) is 6.08 Å². The average molecular weight is 417 g/mol. The molecule has 2 aliphatic heterocycles. The molecule has 0 saturated carbocycles. The number of amidine groups is 1. The number of amides is 2. The molecule has 7 nitrogen and oxygen atoms in total. The molecular formula is C21H28N4O3S. The first-order valence-electron chi connectivity index (χ1n) is 9.77. The SMILES string of the molecule is C=CCNC(=O)NC1CCN(C2=NS(=O)(=O)C(c3ccc(C)c(C)c3)=C2C)CC1. The Hall–Kier alpha value is -2.61. The number of carbonyl (C=O) groups excluding carboxylic acids is 1. The van der Waals surface area contributed by atoms with E-state index in [4.69, 9.17) is 0 Å². The van der Waals surface area contributed by atoms with Gasteiger partial charge < -0.3 is 15.5 Å². The second kappa shape index (κ2) is 8.41. The van der Waals surface area contributed by atoms with Gasteiger partial charge in [-0.05, 0) is 50.3 Å². The molecule has 1 aromatic carbocycles. The molecule has 2 amide bonds. The summed E-state index contributed by atoms with van der Waals surface area (Å²) in [7, 11) is -3.72. The molecule has 8 heteroatoms. The molecule has 29 heavy (non-hydrogen) atoms. The van der Waals surface area contributed by atoms with Crippen LogP contribution in [0.1, 0.15) is 36.5 Å². The highest BCUT2D eigenvalue weighted by molar-refractivity contribution is 8.00. The molecule has 3 rings (SSSR count). The highest BCUT2D eigenvalue weighted by atomic mass is 32.2. The number of benzene rings is 1. The maximum Gasteiger partial charge on any atom is 0.315 e. The van der Waals surface area contributed by atoms with E-state index in [9.17, 15) is 13.2 Å². The van der Waals surface area contributed by atoms with Gasteiger partial charge in [-0.2, -0.15) is 8.42 Å². The predicted molar refractivity (Wildman–Crippen MR) is 116 cm³/mol. The van der Waals surface area contributed by atoms with Crippen LogP contribution in [0, 0.1) is 13.8 Å². The zero-order chi connectivity index (χ0) is 21.2. The fraction of sp³-hybridized carbons (Fsp3) is 0.429. The molecule has 0 atom stereocenters. The van der Waals surface area contributed by atoms with Crippen LogP contribution in [0.5, 0.6) is 0 Å². The summed E-state index contributed by atoms with van der Waals surface area (Å²) in [6.07, 6.45) is 3.09. The standard InChI is InChI=1S/C21H28N4O3S/c1-5-10-22-21(26)23-18-8-11-25(12-9-18)20-16(4)19(29(27,28)24-20)17-7-6-14(2)15(3)13-17/h5-7,13,18H,1,8-12H2,2-4H3,(H2,22,23,26). The van der Waals surface area contributed by atoms with Crippen LogP contribution in [0.25, 0.3) is 4.91 Å². The number of piperidine rings is 1. The molecule has 1 aromatic rings. The Labute approximate surface area is 172 Å². The van der Waals surface area contributed by atoms with Crippen molar-refractivity contribution < 1.29 is 13.2 Å². The summed E-state index contributed by atoms with van der Waals surface area (Å²) in [6, 6.07) is 5.53. The summed E-state index contributed by atoms with van der Waals surface area (Å²) in [5.74, 6) is 0.521. The molecule has 2 heterocycles. The van der Waals surface area contributed by atoms with Gasteiger partial charge in [0.1, 0.15) is 10.7 Å². The highest BCUT2D eigenvalue weighted by Gasteiger charge is 2.35. The van der Waals surface area contributed by atoms with Crippen LogP contribution in [-0.4, -0.2) is 50.9 Å². The first kappa shape index (κ1) is 21.1. The Bertz CT molecular complexity index is 987. The number of likely N-dealkylation sites (tertiary alicyclic amines) is 1. The topological polar surface area (TPSA) is 90.9 Å². The minimum absolute atomic E-state index is 0.0539. The minimum atomic E-state index is -3.72. The number of carbonyl (C=O) groups is 1. The minimum Gasteiger partial charge on any atom is -0.356 e. The van der Waals surface area contributed by atoms with Crippen LogP contribution in [0.3, 0.4) is 0 Å². The average Bonchev–Trinajstić information content (AvgIpc) is 2.92. The maximum atomic E-state index is 12.8. The number of aryl methyl sites for hydroxylation is 2. The van der Waals surface area contributed by atoms with Crippen molar-refractivity contribution in [1.29, 1.82) is 0 Å². The summed E-state index contributed by atoms with van der Waals surface area (Å²) < 4.78 is 29.7. The van der Waals surface area contributed by atoms with E-state index in [-0.39, 0.29) is 12.1 Å². The van der Waals surface area contributed by atoms with Gasteiger partial charge in [0.15, 0.2) is 0 Å². The van der Waals surface area contributed by atoms with Crippen molar-refractivity contribution in [3.8, 4) is 0 Å². The third-order valence-electron chi connectivity index (χ3n) is 5.45. The van der Waals surface area contributed by atoms with Crippen LogP contribution >= 0.6 is 0 Å². The highest BCUT2D eigenvalue weighted by Crippen LogP contribution is 2.35. The Kier molecular flexibility index (Phi) is 6.12. The van der Waals surface area contributed by atoms with E-state index in [2.05, 4.69) is 21.6 Å². The molecule has 2 aliphatic rings. The third-order valence-corrected chi connectivity index (χ3v) is 6.92. The lowest BCUT2D eigenvalue weighted by atomic mass is 10.0. The smallest absolute Gasteiger partial charge is 0.315 e. The molecule has 0 aromatic heterocycles. The van der Waals surface area contributed by atoms with Gasteiger partial charge >= 0.3 is 6.03 Å². The van der Waals surface area contributed by atoms with Crippen molar-refractivity contribution in [3.63, 3.8) is 0 Å². The van der Waals surface area contributed by atoms with E-state index in [1.807, 2.05) is 43.9 Å². The maximum absolute atomic E-state index is 12.8. The van der Waals surface area contributed by atoms with Crippen LogP contribution < -0.4 is 10.6 Å². The first-order valence-corrected chi connectivity index (χ1v) is 11.2. The van der Waals surface area contributed by atoms with Gasteiger partial charge in [-0.25, -0.2) is 4.79 Å². The van der Waals surface area contributed by atoms with E-state index in [0.29, 0.717) is 41.5 Å². The number of hydrogen-bond donors (Lipinski definition) is 2. The number of nitrogens with zero attached hydrogens (tertiary/aromatic N) is 2. The van der Waals surface area contributed by atoms with E-state index in [1.165, 1.54) is 0 Å². The fourth-order valence-electron chi connectivity index (χ4n) is 3.70. The molecule has 1 fully saturated rings. The van der Waals surface area contributed by atoms with E-state index >= 15 is 0 Å².